The summed E-state index contributed by atoms with van der Waals surface area (Å²) in [5.74, 6) is 0. The summed E-state index contributed by atoms with van der Waals surface area (Å²) in [5, 5.41) is 9.87. The van der Waals surface area contributed by atoms with Crippen molar-refractivity contribution in [3.63, 3.8) is 0 Å². The summed E-state index contributed by atoms with van der Waals surface area (Å²) >= 11 is 17.1. The average molecular weight is 409 g/mol. The maximum Gasteiger partial charge on any atom is 0.436 e. The van der Waals surface area contributed by atoms with E-state index in [2.05, 4.69) is 5.10 Å². The van der Waals surface area contributed by atoms with Gasteiger partial charge in [-0.05, 0) is 12.1 Å². The lowest BCUT2D eigenvalue weighted by Crippen LogP contribution is -2.10. The van der Waals surface area contributed by atoms with Gasteiger partial charge in [-0.3, -0.25) is 0 Å². The molecule has 2 aromatic rings. The number of nitriles is 1. The first-order valence-electron chi connectivity index (χ1n) is 5.70. The van der Waals surface area contributed by atoms with Crippen LogP contribution in [0.2, 0.25) is 15.2 Å². The van der Waals surface area contributed by atoms with E-state index in [9.17, 15) is 26.3 Å². The molecular weight excluding hydrogens is 407 g/mol. The van der Waals surface area contributed by atoms with Crippen molar-refractivity contribution in [2.45, 2.75) is 12.4 Å². The van der Waals surface area contributed by atoms with Crippen LogP contribution < -0.4 is 0 Å². The van der Waals surface area contributed by atoms with Gasteiger partial charge >= 0.3 is 12.4 Å². The molecule has 0 fully saturated rings. The molecule has 2 rings (SSSR count). The molecule has 24 heavy (non-hydrogen) atoms. The maximum atomic E-state index is 12.9. The van der Waals surface area contributed by atoms with E-state index in [0.29, 0.717) is 16.8 Å². The number of hydrogen-bond donors (Lipinski definition) is 0. The van der Waals surface area contributed by atoms with Gasteiger partial charge in [-0.25, -0.2) is 4.68 Å². The van der Waals surface area contributed by atoms with Gasteiger partial charge in [0.05, 0.1) is 15.6 Å². The lowest BCUT2D eigenvalue weighted by Gasteiger charge is -2.13. The average Bonchev–Trinajstić information content (AvgIpc) is 2.74. The van der Waals surface area contributed by atoms with Gasteiger partial charge in [0, 0.05) is 0 Å². The minimum absolute atomic E-state index is 0.369. The van der Waals surface area contributed by atoms with Gasteiger partial charge in [-0.15, -0.1) is 0 Å². The Kier molecular flexibility index (Phi) is 4.69. The SMILES string of the molecule is N#Cc1c(C(F)(F)F)nn(-c2c(Cl)cc(C(F)(F)F)cc2Cl)c1Cl. The van der Waals surface area contributed by atoms with Crippen LogP contribution in [0.4, 0.5) is 26.3 Å². The molecule has 0 atom stereocenters. The summed E-state index contributed by atoms with van der Waals surface area (Å²) in [5.41, 5.74) is -4.33. The number of benzene rings is 1. The molecule has 0 amide bonds. The molecule has 128 valence electrons. The van der Waals surface area contributed by atoms with E-state index in [-0.39, 0.29) is 0 Å². The molecule has 0 aliphatic carbocycles. The van der Waals surface area contributed by atoms with Crippen molar-refractivity contribution in [3.05, 3.63) is 44.2 Å². The molecule has 0 aliphatic rings. The van der Waals surface area contributed by atoms with Crippen molar-refractivity contribution in [1.82, 2.24) is 9.78 Å². The standard InChI is InChI=1S/C12H2Cl3F6N3/c13-6-1-4(11(16,17)18)2-7(14)8(6)24-10(15)5(3-22)9(23-24)12(19,20)21/h1-2H. The Morgan fingerprint density at radius 3 is 1.79 bits per heavy atom. The van der Waals surface area contributed by atoms with Gasteiger partial charge in [0.25, 0.3) is 0 Å². The lowest BCUT2D eigenvalue weighted by atomic mass is 10.2. The molecule has 0 bridgehead atoms. The van der Waals surface area contributed by atoms with E-state index < -0.39 is 50.1 Å². The zero-order chi connectivity index (χ0) is 18.4. The number of alkyl halides is 6. The van der Waals surface area contributed by atoms with Crippen molar-refractivity contribution < 1.29 is 26.3 Å². The third-order valence-electron chi connectivity index (χ3n) is 2.77. The van der Waals surface area contributed by atoms with Crippen LogP contribution in [0.3, 0.4) is 0 Å². The summed E-state index contributed by atoms with van der Waals surface area (Å²) in [4.78, 5) is 0. The Bertz CT molecular complexity index is 824. The van der Waals surface area contributed by atoms with E-state index in [1.165, 1.54) is 6.07 Å². The smallest absolute Gasteiger partial charge is 0.217 e. The molecule has 0 saturated carbocycles. The predicted octanol–water partition coefficient (Wildman–Crippen LogP) is 5.74. The Morgan fingerprint density at radius 1 is 0.958 bits per heavy atom. The van der Waals surface area contributed by atoms with E-state index >= 15 is 0 Å². The number of rotatable bonds is 1. The number of nitrogens with zero attached hydrogens (tertiary/aromatic N) is 3. The topological polar surface area (TPSA) is 41.6 Å². The minimum atomic E-state index is -5.01. The van der Waals surface area contributed by atoms with Crippen LogP contribution in [-0.4, -0.2) is 9.78 Å². The van der Waals surface area contributed by atoms with Crippen molar-refractivity contribution in [2.75, 3.05) is 0 Å². The highest BCUT2D eigenvalue weighted by Crippen LogP contribution is 2.40. The fraction of sp³-hybridized carbons (Fsp3) is 0.167. The van der Waals surface area contributed by atoms with E-state index in [4.69, 9.17) is 40.1 Å². The molecule has 0 unspecified atom stereocenters. The molecule has 0 N–H and O–H groups in total. The van der Waals surface area contributed by atoms with E-state index in [0.717, 1.165) is 0 Å². The molecule has 12 heteroatoms. The molecule has 1 heterocycles. The Morgan fingerprint density at radius 2 is 1.46 bits per heavy atom. The Balaban J connectivity index is 2.75. The zero-order valence-corrected chi connectivity index (χ0v) is 13.2. The van der Waals surface area contributed by atoms with Gasteiger partial charge in [0.2, 0.25) is 0 Å². The Labute approximate surface area is 144 Å². The first-order chi connectivity index (χ1) is 10.9. The van der Waals surface area contributed by atoms with Crippen LogP contribution in [0.5, 0.6) is 0 Å². The first-order valence-corrected chi connectivity index (χ1v) is 6.83. The largest absolute Gasteiger partial charge is 0.436 e. The molecule has 3 nitrogen and oxygen atoms in total. The zero-order valence-electron chi connectivity index (χ0n) is 10.9. The fourth-order valence-corrected chi connectivity index (χ4v) is 2.68. The summed E-state index contributed by atoms with van der Waals surface area (Å²) in [7, 11) is 0. The predicted molar refractivity (Wildman–Crippen MR) is 73.3 cm³/mol. The molecular formula is C12H2Cl3F6N3. The third kappa shape index (κ3) is 3.27. The van der Waals surface area contributed by atoms with E-state index in [1.807, 2.05) is 0 Å². The Hall–Kier alpha value is -1.63. The molecule has 0 saturated heterocycles. The fourth-order valence-electron chi connectivity index (χ4n) is 1.77. The van der Waals surface area contributed by atoms with E-state index in [1.54, 1.807) is 0 Å². The van der Waals surface area contributed by atoms with Crippen molar-refractivity contribution in [3.8, 4) is 11.8 Å². The molecule has 1 aromatic heterocycles. The number of halogens is 9. The summed E-state index contributed by atoms with van der Waals surface area (Å²) in [6, 6.07) is 2.15. The van der Waals surface area contributed by atoms with Gasteiger partial charge in [-0.1, -0.05) is 34.8 Å². The first kappa shape index (κ1) is 18.7. The van der Waals surface area contributed by atoms with Crippen LogP contribution >= 0.6 is 34.8 Å². The second kappa shape index (κ2) is 6.02. The van der Waals surface area contributed by atoms with Crippen LogP contribution in [0.25, 0.3) is 5.69 Å². The second-order valence-corrected chi connectivity index (χ2v) is 5.49. The molecule has 1 aromatic carbocycles. The maximum absolute atomic E-state index is 12.9. The van der Waals surface area contributed by atoms with Gasteiger partial charge in [0.1, 0.15) is 17.3 Å². The second-order valence-electron chi connectivity index (χ2n) is 4.32. The highest BCUT2D eigenvalue weighted by Gasteiger charge is 2.40. The minimum Gasteiger partial charge on any atom is -0.217 e. The summed E-state index contributed by atoms with van der Waals surface area (Å²) in [6.07, 6.45) is -9.78. The monoisotopic (exact) mass is 407 g/mol. The van der Waals surface area contributed by atoms with Crippen LogP contribution in [-0.2, 0) is 12.4 Å². The third-order valence-corrected chi connectivity index (χ3v) is 3.69. The molecule has 0 aliphatic heterocycles. The number of aromatic nitrogens is 2. The van der Waals surface area contributed by atoms with Crippen LogP contribution in [0.15, 0.2) is 12.1 Å². The van der Waals surface area contributed by atoms with Gasteiger partial charge in [0.15, 0.2) is 10.8 Å². The van der Waals surface area contributed by atoms with Crippen molar-refractivity contribution in [2.24, 2.45) is 0 Å². The van der Waals surface area contributed by atoms with Crippen molar-refractivity contribution in [1.29, 1.82) is 5.26 Å². The molecule has 0 spiro atoms. The van der Waals surface area contributed by atoms with Crippen LogP contribution in [0, 0.1) is 11.3 Å². The lowest BCUT2D eigenvalue weighted by molar-refractivity contribution is -0.141. The quantitative estimate of drug-likeness (QED) is 0.565. The normalized spacial score (nSPS) is 12.3. The van der Waals surface area contributed by atoms with Crippen molar-refractivity contribution >= 4 is 34.8 Å². The highest BCUT2D eigenvalue weighted by atomic mass is 35.5. The summed E-state index contributed by atoms with van der Waals surface area (Å²) < 4.78 is 77.0. The van der Waals surface area contributed by atoms with Crippen LogP contribution in [0.1, 0.15) is 16.8 Å². The molecule has 0 radical (unpaired) electrons. The summed E-state index contributed by atoms with van der Waals surface area (Å²) in [6.45, 7) is 0. The van der Waals surface area contributed by atoms with Gasteiger partial charge in [-0.2, -0.15) is 36.7 Å². The number of hydrogen-bond acceptors (Lipinski definition) is 2. The highest BCUT2D eigenvalue weighted by molar-refractivity contribution is 6.38. The van der Waals surface area contributed by atoms with Gasteiger partial charge < -0.3 is 0 Å².